The first-order valence-corrected chi connectivity index (χ1v) is 7.54. The second kappa shape index (κ2) is 6.43. The number of amides is 1. The Morgan fingerprint density at radius 3 is 2.54 bits per heavy atom. The molecule has 126 valence electrons. The molecule has 24 heavy (non-hydrogen) atoms. The number of carbonyl (C=O) groups excluding carboxylic acids is 1. The number of rotatable bonds is 6. The fourth-order valence-corrected chi connectivity index (χ4v) is 2.19. The van der Waals surface area contributed by atoms with E-state index in [1.807, 2.05) is 0 Å². The molecule has 1 aromatic carbocycles. The van der Waals surface area contributed by atoms with Crippen LogP contribution in [0.2, 0.25) is 0 Å². The molecule has 0 spiro atoms. The minimum atomic E-state index is -2.74. The van der Waals surface area contributed by atoms with Gasteiger partial charge in [0.05, 0.1) is 6.42 Å². The van der Waals surface area contributed by atoms with Gasteiger partial charge in [-0.05, 0) is 36.2 Å². The second-order valence-electron chi connectivity index (χ2n) is 5.66. The van der Waals surface area contributed by atoms with E-state index in [1.54, 1.807) is 12.3 Å². The summed E-state index contributed by atoms with van der Waals surface area (Å²) in [6.45, 7) is 0.414. The maximum Gasteiger partial charge on any atom is 0.288 e. The van der Waals surface area contributed by atoms with Crippen LogP contribution < -0.4 is 15.6 Å². The topological polar surface area (TPSA) is 71.2 Å². The first kappa shape index (κ1) is 16.2. The van der Waals surface area contributed by atoms with Crippen LogP contribution in [0.1, 0.15) is 22.3 Å². The van der Waals surface area contributed by atoms with Crippen LogP contribution in [-0.2, 0) is 6.42 Å². The highest BCUT2D eigenvalue weighted by Crippen LogP contribution is 2.44. The molecule has 0 bridgehead atoms. The molecule has 5 nitrogen and oxygen atoms in total. The third-order valence-electron chi connectivity index (χ3n) is 3.71. The molecule has 2 aromatic rings. The van der Waals surface area contributed by atoms with Gasteiger partial charge in [0, 0.05) is 24.4 Å². The van der Waals surface area contributed by atoms with E-state index in [4.69, 9.17) is 4.74 Å². The smallest absolute Gasteiger partial charge is 0.288 e. The van der Waals surface area contributed by atoms with Crippen LogP contribution in [0.5, 0.6) is 5.75 Å². The number of H-pyrrole nitrogens is 1. The van der Waals surface area contributed by atoms with E-state index in [0.29, 0.717) is 24.3 Å². The summed E-state index contributed by atoms with van der Waals surface area (Å²) in [6, 6.07) is 9.21. The summed E-state index contributed by atoms with van der Waals surface area (Å²) in [5.41, 5.74) is 1.16. The number of aromatic amines is 1. The third kappa shape index (κ3) is 3.98. The third-order valence-corrected chi connectivity index (χ3v) is 3.71. The normalized spacial score (nSPS) is 18.0. The number of hydrogen-bond donors (Lipinski definition) is 2. The predicted molar refractivity (Wildman–Crippen MR) is 83.5 cm³/mol. The maximum atomic E-state index is 12.8. The zero-order valence-corrected chi connectivity index (χ0v) is 12.7. The molecule has 1 atom stereocenters. The molecule has 1 aliphatic rings. The van der Waals surface area contributed by atoms with E-state index in [2.05, 4.69) is 10.3 Å². The van der Waals surface area contributed by atoms with E-state index in [1.165, 1.54) is 30.3 Å². The Balaban J connectivity index is 1.48. The Hall–Kier alpha value is -2.70. The highest BCUT2D eigenvalue weighted by Gasteiger charge is 2.59. The number of aromatic nitrogens is 1. The van der Waals surface area contributed by atoms with Crippen LogP contribution in [0, 0.1) is 0 Å². The van der Waals surface area contributed by atoms with Crippen molar-refractivity contribution >= 4 is 5.91 Å². The van der Waals surface area contributed by atoms with Crippen molar-refractivity contribution in [3.05, 3.63) is 64.1 Å². The van der Waals surface area contributed by atoms with Crippen molar-refractivity contribution in [2.75, 3.05) is 6.54 Å². The molecular weight excluding hydrogens is 318 g/mol. The van der Waals surface area contributed by atoms with Crippen LogP contribution in [0.25, 0.3) is 0 Å². The van der Waals surface area contributed by atoms with E-state index in [-0.39, 0.29) is 17.9 Å². The van der Waals surface area contributed by atoms with E-state index in [0.717, 1.165) is 5.56 Å². The van der Waals surface area contributed by atoms with Crippen LogP contribution in [-0.4, -0.2) is 29.5 Å². The average molecular weight is 334 g/mol. The lowest BCUT2D eigenvalue weighted by Gasteiger charge is -2.07. The van der Waals surface area contributed by atoms with Crippen molar-refractivity contribution in [2.24, 2.45) is 0 Å². The lowest BCUT2D eigenvalue weighted by Crippen LogP contribution is -2.25. The van der Waals surface area contributed by atoms with E-state index >= 15 is 0 Å². The highest BCUT2D eigenvalue weighted by atomic mass is 19.3. The van der Waals surface area contributed by atoms with Gasteiger partial charge < -0.3 is 15.0 Å². The predicted octanol–water partition coefficient (Wildman–Crippen LogP) is 2.13. The zero-order chi connectivity index (χ0) is 17.2. The lowest BCUT2D eigenvalue weighted by atomic mass is 10.2. The molecule has 1 fully saturated rings. The van der Waals surface area contributed by atoms with Gasteiger partial charge in [-0.25, -0.2) is 8.78 Å². The Morgan fingerprint density at radius 1 is 1.25 bits per heavy atom. The molecule has 3 rings (SSSR count). The minimum absolute atomic E-state index is 0.172. The summed E-state index contributed by atoms with van der Waals surface area (Å²) in [5.74, 6) is -2.68. The molecule has 1 aliphatic carbocycles. The number of ether oxygens (including phenoxy) is 1. The fraction of sp³-hybridized carbons (Fsp3) is 0.294. The number of benzene rings is 1. The van der Waals surface area contributed by atoms with Crippen molar-refractivity contribution in [3.8, 4) is 5.75 Å². The average Bonchev–Trinajstić information content (AvgIpc) is 3.16. The molecular formula is C17H16F2N2O3. The largest absolute Gasteiger partial charge is 0.484 e. The van der Waals surface area contributed by atoms with E-state index < -0.39 is 12.0 Å². The number of nitrogens with one attached hydrogen (secondary N) is 2. The second-order valence-corrected chi connectivity index (χ2v) is 5.66. The first-order chi connectivity index (χ1) is 11.4. The molecule has 0 aliphatic heterocycles. The Morgan fingerprint density at radius 2 is 1.96 bits per heavy atom. The summed E-state index contributed by atoms with van der Waals surface area (Å²) in [4.78, 5) is 25.5. The van der Waals surface area contributed by atoms with Gasteiger partial charge in [-0.1, -0.05) is 6.07 Å². The van der Waals surface area contributed by atoms with Gasteiger partial charge in [-0.15, -0.1) is 0 Å². The maximum absolute atomic E-state index is 12.8. The van der Waals surface area contributed by atoms with Crippen molar-refractivity contribution in [2.45, 2.75) is 24.9 Å². The lowest BCUT2D eigenvalue weighted by molar-refractivity contribution is 0.0665. The minimum Gasteiger partial charge on any atom is -0.484 e. The molecule has 1 saturated carbocycles. The van der Waals surface area contributed by atoms with Crippen LogP contribution in [0.3, 0.4) is 0 Å². The van der Waals surface area contributed by atoms with Gasteiger partial charge in [0.25, 0.3) is 11.8 Å². The van der Waals surface area contributed by atoms with Gasteiger partial charge in [0.2, 0.25) is 5.56 Å². The number of carbonyl (C=O) groups is 1. The number of hydrogen-bond acceptors (Lipinski definition) is 3. The standard InChI is InChI=1S/C17H16F2N2O3/c18-17(19)9-14(17)24-13-4-2-12(3-5-13)16(23)20-8-7-11-1-6-15(22)21-10-11/h1-6,10,14H,7-9H2,(H,20,23)(H,21,22)/t14-/m0/s1. The quantitative estimate of drug-likeness (QED) is 0.850. The van der Waals surface area contributed by atoms with Gasteiger partial charge >= 0.3 is 0 Å². The number of halogens is 2. The Labute approximate surface area is 136 Å². The summed E-state index contributed by atoms with van der Waals surface area (Å²) < 4.78 is 30.7. The highest BCUT2D eigenvalue weighted by molar-refractivity contribution is 5.94. The van der Waals surface area contributed by atoms with Crippen LogP contribution in [0.4, 0.5) is 8.78 Å². The summed E-state index contributed by atoms with van der Waals surface area (Å²) in [6.07, 6.45) is 0.865. The zero-order valence-electron chi connectivity index (χ0n) is 12.7. The molecule has 1 amide bonds. The van der Waals surface area contributed by atoms with Crippen molar-refractivity contribution in [3.63, 3.8) is 0 Å². The van der Waals surface area contributed by atoms with Crippen LogP contribution >= 0.6 is 0 Å². The molecule has 0 saturated heterocycles. The number of alkyl halides is 2. The molecule has 7 heteroatoms. The van der Waals surface area contributed by atoms with E-state index in [9.17, 15) is 18.4 Å². The summed E-state index contributed by atoms with van der Waals surface area (Å²) >= 11 is 0. The molecule has 2 N–H and O–H groups in total. The molecule has 1 heterocycles. The molecule has 1 aromatic heterocycles. The van der Waals surface area contributed by atoms with Crippen molar-refractivity contribution < 1.29 is 18.3 Å². The SMILES string of the molecule is O=C(NCCc1ccc(=O)[nH]c1)c1ccc(O[C@H]2CC2(F)F)cc1. The van der Waals surface area contributed by atoms with Crippen LogP contribution in [0.15, 0.2) is 47.4 Å². The first-order valence-electron chi connectivity index (χ1n) is 7.54. The summed E-state index contributed by atoms with van der Waals surface area (Å²) in [5, 5.41) is 2.76. The molecule has 0 unspecified atom stereocenters. The Bertz CT molecular complexity index is 767. The monoisotopic (exact) mass is 334 g/mol. The summed E-state index contributed by atoms with van der Waals surface area (Å²) in [7, 11) is 0. The van der Waals surface area contributed by atoms with Gasteiger partial charge in [0.1, 0.15) is 5.75 Å². The van der Waals surface area contributed by atoms with Gasteiger partial charge in [-0.3, -0.25) is 9.59 Å². The van der Waals surface area contributed by atoms with Gasteiger partial charge in [0.15, 0.2) is 6.10 Å². The van der Waals surface area contributed by atoms with Gasteiger partial charge in [-0.2, -0.15) is 0 Å². The fourth-order valence-electron chi connectivity index (χ4n) is 2.19. The Kier molecular flexibility index (Phi) is 4.33. The van der Waals surface area contributed by atoms with Crippen molar-refractivity contribution in [1.29, 1.82) is 0 Å². The molecule has 0 radical (unpaired) electrons. The van der Waals surface area contributed by atoms with Crippen molar-refractivity contribution in [1.82, 2.24) is 10.3 Å². The number of pyridine rings is 1.